The van der Waals surface area contributed by atoms with Crippen LogP contribution in [0.2, 0.25) is 0 Å². The van der Waals surface area contributed by atoms with Gasteiger partial charge in [-0.15, -0.1) is 0 Å². The van der Waals surface area contributed by atoms with Crippen molar-refractivity contribution in [3.63, 3.8) is 0 Å². The molecule has 0 radical (unpaired) electrons. The van der Waals surface area contributed by atoms with Crippen LogP contribution in [0.5, 0.6) is 17.2 Å². The molecule has 0 fully saturated rings. The molecular formula is C21H20N4O6S. The van der Waals surface area contributed by atoms with Crippen LogP contribution in [-0.2, 0) is 6.67 Å². The lowest BCUT2D eigenvalue weighted by Crippen LogP contribution is -2.42. The summed E-state index contributed by atoms with van der Waals surface area (Å²) in [7, 11) is 4.58. The van der Waals surface area contributed by atoms with Gasteiger partial charge in [0.25, 0.3) is 11.2 Å². The Bertz CT molecular complexity index is 1340. The molecule has 0 aliphatic carbocycles. The third kappa shape index (κ3) is 3.89. The number of aromatic nitrogens is 1. The van der Waals surface area contributed by atoms with E-state index in [4.69, 9.17) is 14.2 Å². The zero-order valence-corrected chi connectivity index (χ0v) is 18.4. The summed E-state index contributed by atoms with van der Waals surface area (Å²) in [5, 5.41) is 11.1. The summed E-state index contributed by atoms with van der Waals surface area (Å²) in [6.45, 7) is 0.545. The highest BCUT2D eigenvalue weighted by atomic mass is 32.1. The summed E-state index contributed by atoms with van der Waals surface area (Å²) >= 11 is 1.28. The van der Waals surface area contributed by atoms with Crippen LogP contribution in [0.25, 0.3) is 6.08 Å². The number of thiazole rings is 1. The minimum Gasteiger partial charge on any atom is -0.493 e. The molecule has 1 aliphatic rings. The third-order valence-corrected chi connectivity index (χ3v) is 6.01. The molecule has 2 heterocycles. The van der Waals surface area contributed by atoms with Crippen molar-refractivity contribution in [2.24, 2.45) is 4.99 Å². The predicted octanol–water partition coefficient (Wildman–Crippen LogP) is 1.73. The Balaban J connectivity index is 1.72. The van der Waals surface area contributed by atoms with Crippen LogP contribution in [0.1, 0.15) is 5.56 Å². The van der Waals surface area contributed by atoms with Crippen molar-refractivity contribution in [2.75, 3.05) is 32.9 Å². The van der Waals surface area contributed by atoms with Gasteiger partial charge < -0.3 is 19.1 Å². The number of nitrogens with zero attached hydrogens (tertiary/aromatic N) is 4. The Morgan fingerprint density at radius 2 is 1.84 bits per heavy atom. The second kappa shape index (κ2) is 8.71. The van der Waals surface area contributed by atoms with Crippen molar-refractivity contribution in [1.29, 1.82) is 0 Å². The summed E-state index contributed by atoms with van der Waals surface area (Å²) < 4.78 is 18.2. The SMILES string of the molecule is COc1cc(C=c2sc3n(c2=O)CN(c2cccc([N+](=O)[O-])c2)CN=3)cc(OC)c1OC. The maximum Gasteiger partial charge on any atom is 0.271 e. The standard InChI is InChI=1S/C21H20N4O6S/c1-29-16-7-13(8-17(30-2)19(16)31-3)9-18-20(26)24-12-23(11-22-21(24)32-18)14-5-4-6-15(10-14)25(27)28/h4-10H,11-12H2,1-3H3. The van der Waals surface area contributed by atoms with Crippen LogP contribution >= 0.6 is 11.3 Å². The number of anilines is 1. The van der Waals surface area contributed by atoms with E-state index in [-0.39, 0.29) is 17.9 Å². The lowest BCUT2D eigenvalue weighted by Gasteiger charge is -2.25. The van der Waals surface area contributed by atoms with Gasteiger partial charge in [-0.05, 0) is 29.8 Å². The molecule has 32 heavy (non-hydrogen) atoms. The van der Waals surface area contributed by atoms with Gasteiger partial charge in [0.1, 0.15) is 13.3 Å². The van der Waals surface area contributed by atoms with Crippen molar-refractivity contribution < 1.29 is 19.1 Å². The second-order valence-electron chi connectivity index (χ2n) is 6.84. The molecule has 11 heteroatoms. The number of methoxy groups -OCH3 is 3. The fourth-order valence-corrected chi connectivity index (χ4v) is 4.38. The van der Waals surface area contributed by atoms with Crippen molar-refractivity contribution >= 4 is 28.8 Å². The zero-order valence-electron chi connectivity index (χ0n) is 17.6. The average Bonchev–Trinajstić information content (AvgIpc) is 3.12. The molecule has 0 spiro atoms. The molecule has 1 aliphatic heterocycles. The number of rotatable bonds is 6. The normalized spacial score (nSPS) is 13.3. The molecule has 0 amide bonds. The van der Waals surface area contributed by atoms with Gasteiger partial charge in [-0.3, -0.25) is 19.5 Å². The number of ether oxygens (including phenoxy) is 3. The van der Waals surface area contributed by atoms with Crippen LogP contribution in [0, 0.1) is 10.1 Å². The third-order valence-electron chi connectivity index (χ3n) is 4.97. The minimum absolute atomic E-state index is 0.0117. The Labute approximate surface area is 186 Å². The van der Waals surface area contributed by atoms with Gasteiger partial charge in [-0.25, -0.2) is 4.99 Å². The maximum absolute atomic E-state index is 13.1. The summed E-state index contributed by atoms with van der Waals surface area (Å²) in [6, 6.07) is 9.79. The summed E-state index contributed by atoms with van der Waals surface area (Å²) in [5.41, 5.74) is 1.13. The van der Waals surface area contributed by atoms with Crippen LogP contribution in [0.4, 0.5) is 11.4 Å². The fraction of sp³-hybridized carbons (Fsp3) is 0.238. The molecule has 3 aromatic rings. The fourth-order valence-electron chi connectivity index (χ4n) is 3.41. The molecule has 0 bridgehead atoms. The minimum atomic E-state index is -0.447. The van der Waals surface area contributed by atoms with Crippen LogP contribution in [0.15, 0.2) is 46.2 Å². The first-order valence-electron chi connectivity index (χ1n) is 9.50. The van der Waals surface area contributed by atoms with Gasteiger partial charge in [-0.2, -0.15) is 0 Å². The lowest BCUT2D eigenvalue weighted by atomic mass is 10.1. The predicted molar refractivity (Wildman–Crippen MR) is 119 cm³/mol. The quantitative estimate of drug-likeness (QED) is 0.411. The van der Waals surface area contributed by atoms with E-state index in [1.54, 1.807) is 39.8 Å². The molecule has 0 saturated heterocycles. The number of fused-ring (bicyclic) bond motifs is 1. The first-order valence-corrected chi connectivity index (χ1v) is 10.3. The molecule has 10 nitrogen and oxygen atoms in total. The molecular weight excluding hydrogens is 436 g/mol. The van der Waals surface area contributed by atoms with E-state index in [2.05, 4.69) is 4.99 Å². The van der Waals surface area contributed by atoms with E-state index in [1.807, 2.05) is 0 Å². The smallest absolute Gasteiger partial charge is 0.271 e. The Kier molecular flexibility index (Phi) is 5.82. The van der Waals surface area contributed by atoms with E-state index < -0.39 is 4.92 Å². The largest absolute Gasteiger partial charge is 0.493 e. The second-order valence-corrected chi connectivity index (χ2v) is 7.85. The van der Waals surface area contributed by atoms with Crippen LogP contribution in [0.3, 0.4) is 0 Å². The van der Waals surface area contributed by atoms with Crippen LogP contribution < -0.4 is 34.0 Å². The number of nitro benzene ring substituents is 1. The monoisotopic (exact) mass is 456 g/mol. The molecule has 0 saturated carbocycles. The van der Waals surface area contributed by atoms with Gasteiger partial charge in [0.2, 0.25) is 5.75 Å². The highest BCUT2D eigenvalue weighted by Gasteiger charge is 2.18. The number of hydrogen-bond donors (Lipinski definition) is 0. The summed E-state index contributed by atoms with van der Waals surface area (Å²) in [4.78, 5) is 30.6. The maximum atomic E-state index is 13.1. The van der Waals surface area contributed by atoms with E-state index in [9.17, 15) is 14.9 Å². The number of hydrogen-bond acceptors (Lipinski definition) is 9. The van der Waals surface area contributed by atoms with Crippen molar-refractivity contribution in [1.82, 2.24) is 4.57 Å². The highest BCUT2D eigenvalue weighted by molar-refractivity contribution is 7.07. The first kappa shape index (κ1) is 21.4. The molecule has 0 unspecified atom stereocenters. The molecule has 0 N–H and O–H groups in total. The zero-order chi connectivity index (χ0) is 22.8. The van der Waals surface area contributed by atoms with E-state index in [1.165, 1.54) is 44.8 Å². The summed E-state index contributed by atoms with van der Waals surface area (Å²) in [5.74, 6) is 1.44. The van der Waals surface area contributed by atoms with Gasteiger partial charge in [0, 0.05) is 17.8 Å². The Morgan fingerprint density at radius 1 is 1.12 bits per heavy atom. The van der Waals surface area contributed by atoms with Crippen molar-refractivity contribution in [3.05, 3.63) is 71.8 Å². The average molecular weight is 456 g/mol. The number of benzene rings is 2. The highest BCUT2D eigenvalue weighted by Crippen LogP contribution is 2.38. The molecule has 2 aromatic carbocycles. The molecule has 4 rings (SSSR count). The van der Waals surface area contributed by atoms with Gasteiger partial charge >= 0.3 is 0 Å². The summed E-state index contributed by atoms with van der Waals surface area (Å²) in [6.07, 6.45) is 1.75. The van der Waals surface area contributed by atoms with Crippen molar-refractivity contribution in [3.8, 4) is 17.2 Å². The topological polar surface area (TPSA) is 108 Å². The lowest BCUT2D eigenvalue weighted by molar-refractivity contribution is -0.384. The van der Waals surface area contributed by atoms with E-state index >= 15 is 0 Å². The number of nitro groups is 1. The van der Waals surface area contributed by atoms with Gasteiger partial charge in [0.15, 0.2) is 16.3 Å². The number of non-ortho nitro benzene ring substituents is 1. The Hall–Kier alpha value is -3.86. The van der Waals surface area contributed by atoms with Crippen LogP contribution in [-0.4, -0.2) is 37.5 Å². The molecule has 0 atom stereocenters. The van der Waals surface area contributed by atoms with E-state index in [0.717, 1.165) is 0 Å². The Morgan fingerprint density at radius 3 is 2.47 bits per heavy atom. The van der Waals surface area contributed by atoms with E-state index in [0.29, 0.717) is 44.5 Å². The van der Waals surface area contributed by atoms with Gasteiger partial charge in [-0.1, -0.05) is 17.4 Å². The molecule has 1 aromatic heterocycles. The molecule has 166 valence electrons. The first-order chi connectivity index (χ1) is 15.4. The van der Waals surface area contributed by atoms with Crippen molar-refractivity contribution in [2.45, 2.75) is 6.67 Å². The van der Waals surface area contributed by atoms with Gasteiger partial charge in [0.05, 0.1) is 30.8 Å².